The van der Waals surface area contributed by atoms with Gasteiger partial charge < -0.3 is 14.5 Å². The van der Waals surface area contributed by atoms with Crippen LogP contribution >= 0.6 is 0 Å². The molecular formula is C21H24N2O3. The number of amides is 1. The van der Waals surface area contributed by atoms with E-state index in [1.165, 1.54) is 12.5 Å². The van der Waals surface area contributed by atoms with Crippen LogP contribution in [0.15, 0.2) is 46.9 Å². The summed E-state index contributed by atoms with van der Waals surface area (Å²) in [6.45, 7) is 6.05. The molecule has 1 aromatic carbocycles. The molecule has 2 aromatic heterocycles. The van der Waals surface area contributed by atoms with Crippen molar-refractivity contribution in [2.45, 2.75) is 39.7 Å². The molecule has 0 aliphatic heterocycles. The van der Waals surface area contributed by atoms with Crippen LogP contribution in [0.4, 0.5) is 0 Å². The molecule has 0 saturated carbocycles. The Balaban J connectivity index is 1.67. The Morgan fingerprint density at radius 3 is 2.65 bits per heavy atom. The molecule has 2 heterocycles. The number of nitrogens with one attached hydrogen (secondary N) is 1. The molecule has 0 radical (unpaired) electrons. The Labute approximate surface area is 153 Å². The number of aromatic nitrogens is 1. The van der Waals surface area contributed by atoms with Gasteiger partial charge >= 0.3 is 0 Å². The van der Waals surface area contributed by atoms with Crippen molar-refractivity contribution in [3.63, 3.8) is 0 Å². The van der Waals surface area contributed by atoms with E-state index in [-0.39, 0.29) is 11.9 Å². The van der Waals surface area contributed by atoms with E-state index >= 15 is 0 Å². The van der Waals surface area contributed by atoms with Crippen molar-refractivity contribution >= 4 is 17.0 Å². The summed E-state index contributed by atoms with van der Waals surface area (Å²) in [6, 6.07) is 14.0. The normalized spacial score (nSPS) is 12.1. The summed E-state index contributed by atoms with van der Waals surface area (Å²) in [5, 5.41) is 3.77. The molecule has 5 nitrogen and oxygen atoms in total. The summed E-state index contributed by atoms with van der Waals surface area (Å²) in [6.07, 6.45) is 1.74. The zero-order valence-corrected chi connectivity index (χ0v) is 15.4. The Kier molecular flexibility index (Phi) is 5.56. The first kappa shape index (κ1) is 18.0. The van der Waals surface area contributed by atoms with E-state index < -0.39 is 0 Å². The summed E-state index contributed by atoms with van der Waals surface area (Å²) < 4.78 is 11.3. The number of pyridine rings is 1. The van der Waals surface area contributed by atoms with Crippen LogP contribution in [-0.4, -0.2) is 17.5 Å². The number of furan rings is 1. The summed E-state index contributed by atoms with van der Waals surface area (Å²) in [7, 11) is 0. The van der Waals surface area contributed by atoms with Gasteiger partial charge in [-0.1, -0.05) is 12.1 Å². The molecular weight excluding hydrogens is 328 g/mol. The van der Waals surface area contributed by atoms with Crippen LogP contribution in [0.3, 0.4) is 0 Å². The predicted molar refractivity (Wildman–Crippen MR) is 101 cm³/mol. The summed E-state index contributed by atoms with van der Waals surface area (Å²) >= 11 is 0. The second kappa shape index (κ2) is 8.04. The maximum absolute atomic E-state index is 11.2. The van der Waals surface area contributed by atoms with E-state index in [1.54, 1.807) is 0 Å². The fourth-order valence-electron chi connectivity index (χ4n) is 2.90. The van der Waals surface area contributed by atoms with Crippen molar-refractivity contribution < 1.29 is 13.9 Å². The number of nitrogens with zero attached hydrogens (tertiary/aromatic N) is 1. The van der Waals surface area contributed by atoms with Crippen LogP contribution in [0.1, 0.15) is 43.8 Å². The van der Waals surface area contributed by atoms with Gasteiger partial charge in [0.25, 0.3) is 0 Å². The SMILES string of the molecule is CCOc1ccc(CCc2ccc3cc(C(C)NC(C)=O)oc3n2)cc1. The van der Waals surface area contributed by atoms with E-state index in [4.69, 9.17) is 9.15 Å². The minimum atomic E-state index is -0.172. The van der Waals surface area contributed by atoms with E-state index in [1.807, 2.05) is 44.2 Å². The largest absolute Gasteiger partial charge is 0.494 e. The lowest BCUT2D eigenvalue weighted by atomic mass is 10.1. The van der Waals surface area contributed by atoms with Gasteiger partial charge in [-0.05, 0) is 62.6 Å². The highest BCUT2D eigenvalue weighted by Crippen LogP contribution is 2.23. The molecule has 5 heteroatoms. The lowest BCUT2D eigenvalue weighted by Gasteiger charge is -2.08. The minimum absolute atomic E-state index is 0.0815. The molecule has 1 atom stereocenters. The van der Waals surface area contributed by atoms with Crippen LogP contribution in [0, 0.1) is 0 Å². The quantitative estimate of drug-likeness (QED) is 0.692. The number of carbonyl (C=O) groups excluding carboxylic acids is 1. The fraction of sp³-hybridized carbons (Fsp3) is 0.333. The van der Waals surface area contributed by atoms with E-state index in [0.717, 1.165) is 29.7 Å². The molecule has 0 bridgehead atoms. The van der Waals surface area contributed by atoms with Crippen LogP contribution in [0.5, 0.6) is 5.75 Å². The maximum Gasteiger partial charge on any atom is 0.226 e. The van der Waals surface area contributed by atoms with Crippen molar-refractivity contribution in [3.05, 3.63) is 59.5 Å². The Morgan fingerprint density at radius 2 is 1.96 bits per heavy atom. The number of fused-ring (bicyclic) bond motifs is 1. The zero-order valence-electron chi connectivity index (χ0n) is 15.4. The Bertz CT molecular complexity index is 884. The summed E-state index contributed by atoms with van der Waals surface area (Å²) in [5.41, 5.74) is 2.84. The molecule has 3 aromatic rings. The Hall–Kier alpha value is -2.82. The third kappa shape index (κ3) is 4.42. The van der Waals surface area contributed by atoms with E-state index in [2.05, 4.69) is 22.4 Å². The second-order valence-corrected chi connectivity index (χ2v) is 6.34. The van der Waals surface area contributed by atoms with Gasteiger partial charge in [-0.25, -0.2) is 4.98 Å². The van der Waals surface area contributed by atoms with Crippen molar-refractivity contribution in [1.82, 2.24) is 10.3 Å². The first-order valence-electron chi connectivity index (χ1n) is 8.93. The molecule has 0 aliphatic rings. The highest BCUT2D eigenvalue weighted by atomic mass is 16.5. The van der Waals surface area contributed by atoms with Gasteiger partial charge in [0.2, 0.25) is 11.6 Å². The number of ether oxygens (including phenoxy) is 1. The Morgan fingerprint density at radius 1 is 1.19 bits per heavy atom. The van der Waals surface area contributed by atoms with E-state index in [9.17, 15) is 4.79 Å². The van der Waals surface area contributed by atoms with Gasteiger partial charge in [0.05, 0.1) is 12.6 Å². The number of aryl methyl sites for hydroxylation is 2. The van der Waals surface area contributed by atoms with Crippen LogP contribution in [0.2, 0.25) is 0 Å². The topological polar surface area (TPSA) is 64.4 Å². The molecule has 0 aliphatic carbocycles. The first-order chi connectivity index (χ1) is 12.5. The average molecular weight is 352 g/mol. The summed E-state index contributed by atoms with van der Waals surface area (Å²) in [5.74, 6) is 1.53. The third-order valence-corrected chi connectivity index (χ3v) is 4.21. The highest BCUT2D eigenvalue weighted by molar-refractivity contribution is 5.76. The predicted octanol–water partition coefficient (Wildman–Crippen LogP) is 4.21. The number of carbonyl (C=O) groups is 1. The smallest absolute Gasteiger partial charge is 0.226 e. The lowest BCUT2D eigenvalue weighted by Crippen LogP contribution is -2.23. The average Bonchev–Trinajstić information content (AvgIpc) is 3.04. The van der Waals surface area contributed by atoms with Gasteiger partial charge in [-0.15, -0.1) is 0 Å². The fourth-order valence-corrected chi connectivity index (χ4v) is 2.90. The van der Waals surface area contributed by atoms with Crippen molar-refractivity contribution in [2.75, 3.05) is 6.61 Å². The second-order valence-electron chi connectivity index (χ2n) is 6.34. The molecule has 136 valence electrons. The number of hydrogen-bond donors (Lipinski definition) is 1. The molecule has 1 unspecified atom stereocenters. The van der Waals surface area contributed by atoms with Crippen molar-refractivity contribution in [2.24, 2.45) is 0 Å². The minimum Gasteiger partial charge on any atom is -0.494 e. The van der Waals surface area contributed by atoms with E-state index in [0.29, 0.717) is 18.1 Å². The standard InChI is InChI=1S/C21H24N2O3/c1-4-25-19-11-6-16(7-12-19)5-9-18-10-8-17-13-20(26-21(17)23-18)14(2)22-15(3)24/h6-8,10-14H,4-5,9H2,1-3H3,(H,22,24). The number of rotatable bonds is 7. The molecule has 1 N–H and O–H groups in total. The molecule has 0 saturated heterocycles. The van der Waals surface area contributed by atoms with Gasteiger partial charge in [0.15, 0.2) is 0 Å². The molecule has 0 fully saturated rings. The molecule has 26 heavy (non-hydrogen) atoms. The maximum atomic E-state index is 11.2. The van der Waals surface area contributed by atoms with Gasteiger partial charge in [-0.3, -0.25) is 4.79 Å². The van der Waals surface area contributed by atoms with Gasteiger partial charge in [0, 0.05) is 18.0 Å². The van der Waals surface area contributed by atoms with Crippen LogP contribution in [-0.2, 0) is 17.6 Å². The third-order valence-electron chi connectivity index (χ3n) is 4.21. The first-order valence-corrected chi connectivity index (χ1v) is 8.93. The molecule has 0 spiro atoms. The monoisotopic (exact) mass is 352 g/mol. The van der Waals surface area contributed by atoms with Crippen molar-refractivity contribution in [1.29, 1.82) is 0 Å². The summed E-state index contributed by atoms with van der Waals surface area (Å²) in [4.78, 5) is 15.8. The zero-order chi connectivity index (χ0) is 18.5. The molecule has 1 amide bonds. The van der Waals surface area contributed by atoms with Gasteiger partial charge in [0.1, 0.15) is 11.5 Å². The number of hydrogen-bond acceptors (Lipinski definition) is 4. The lowest BCUT2D eigenvalue weighted by molar-refractivity contribution is -0.119. The van der Waals surface area contributed by atoms with Crippen LogP contribution < -0.4 is 10.1 Å². The number of benzene rings is 1. The van der Waals surface area contributed by atoms with Gasteiger partial charge in [-0.2, -0.15) is 0 Å². The van der Waals surface area contributed by atoms with Crippen molar-refractivity contribution in [3.8, 4) is 5.75 Å². The van der Waals surface area contributed by atoms with Crippen LogP contribution in [0.25, 0.3) is 11.1 Å². The molecule has 3 rings (SSSR count). The highest BCUT2D eigenvalue weighted by Gasteiger charge is 2.13.